The quantitative estimate of drug-likeness (QED) is 0.477. The molecule has 0 aliphatic carbocycles. The maximum atomic E-state index is 10.8. The summed E-state index contributed by atoms with van der Waals surface area (Å²) in [6, 6.07) is 0. The summed E-state index contributed by atoms with van der Waals surface area (Å²) in [7, 11) is 6.00. The average molecular weight is 195 g/mol. The van der Waals surface area contributed by atoms with E-state index in [1.54, 1.807) is 0 Å². The SMILES string of the molecule is C[N+](C)(C)CC(=O)CBr. The summed E-state index contributed by atoms with van der Waals surface area (Å²) >= 11 is 3.11. The highest BCUT2D eigenvalue weighted by atomic mass is 79.9. The number of alkyl halides is 1. The Kier molecular flexibility index (Phi) is 3.36. The van der Waals surface area contributed by atoms with Gasteiger partial charge in [-0.3, -0.25) is 4.79 Å². The van der Waals surface area contributed by atoms with Crippen LogP contribution in [0.4, 0.5) is 0 Å². The van der Waals surface area contributed by atoms with Crippen LogP contribution >= 0.6 is 15.9 Å². The van der Waals surface area contributed by atoms with E-state index in [1.165, 1.54) is 0 Å². The molecule has 0 radical (unpaired) electrons. The van der Waals surface area contributed by atoms with Gasteiger partial charge in [-0.25, -0.2) is 0 Å². The third kappa shape index (κ3) is 5.99. The maximum Gasteiger partial charge on any atom is 0.197 e. The summed E-state index contributed by atoms with van der Waals surface area (Å²) in [6.07, 6.45) is 0. The number of hydrogen-bond acceptors (Lipinski definition) is 1. The fourth-order valence-corrected chi connectivity index (χ4v) is 0.749. The van der Waals surface area contributed by atoms with Gasteiger partial charge in [-0.05, 0) is 0 Å². The zero-order chi connectivity index (χ0) is 7.49. The molecule has 2 nitrogen and oxygen atoms in total. The summed E-state index contributed by atoms with van der Waals surface area (Å²) in [4.78, 5) is 10.8. The van der Waals surface area contributed by atoms with Crippen molar-refractivity contribution in [2.75, 3.05) is 33.0 Å². The Hall–Kier alpha value is 0.110. The van der Waals surface area contributed by atoms with E-state index in [4.69, 9.17) is 0 Å². The Bertz CT molecular complexity index is 106. The first-order chi connectivity index (χ1) is 3.95. The second kappa shape index (κ2) is 3.32. The van der Waals surface area contributed by atoms with E-state index in [9.17, 15) is 4.79 Å². The fourth-order valence-electron chi connectivity index (χ4n) is 0.571. The minimum atomic E-state index is 0.252. The highest BCUT2D eigenvalue weighted by Crippen LogP contribution is 1.92. The average Bonchev–Trinajstić information content (AvgIpc) is 1.62. The van der Waals surface area contributed by atoms with Gasteiger partial charge < -0.3 is 4.48 Å². The topological polar surface area (TPSA) is 17.1 Å². The van der Waals surface area contributed by atoms with Gasteiger partial charge >= 0.3 is 0 Å². The Morgan fingerprint density at radius 3 is 2.00 bits per heavy atom. The molecule has 0 N–H and O–H groups in total. The van der Waals surface area contributed by atoms with Crippen LogP contribution in [0.5, 0.6) is 0 Å². The van der Waals surface area contributed by atoms with Crippen molar-refractivity contribution in [2.45, 2.75) is 0 Å². The lowest BCUT2D eigenvalue weighted by atomic mass is 10.4. The summed E-state index contributed by atoms with van der Waals surface area (Å²) in [5, 5.41) is 0.475. The molecule has 0 aliphatic rings. The van der Waals surface area contributed by atoms with Crippen molar-refractivity contribution in [1.82, 2.24) is 0 Å². The van der Waals surface area contributed by atoms with Gasteiger partial charge in [-0.1, -0.05) is 15.9 Å². The Morgan fingerprint density at radius 1 is 1.44 bits per heavy atom. The number of likely N-dealkylation sites (N-methyl/N-ethyl adjacent to an activating group) is 1. The summed E-state index contributed by atoms with van der Waals surface area (Å²) < 4.78 is 0.713. The Balaban J connectivity index is 3.60. The van der Waals surface area contributed by atoms with Gasteiger partial charge in [0.05, 0.1) is 26.5 Å². The van der Waals surface area contributed by atoms with Gasteiger partial charge in [0.1, 0.15) is 6.54 Å². The van der Waals surface area contributed by atoms with Crippen LogP contribution in [0.3, 0.4) is 0 Å². The van der Waals surface area contributed by atoms with E-state index in [2.05, 4.69) is 15.9 Å². The number of carbonyl (C=O) groups excluding carboxylic acids is 1. The minimum Gasteiger partial charge on any atom is -0.325 e. The van der Waals surface area contributed by atoms with Crippen molar-refractivity contribution in [3.05, 3.63) is 0 Å². The number of hydrogen-bond donors (Lipinski definition) is 0. The van der Waals surface area contributed by atoms with Crippen LogP contribution in [-0.2, 0) is 4.79 Å². The molecular weight excluding hydrogens is 182 g/mol. The molecule has 0 saturated carbocycles. The first-order valence-electron chi connectivity index (χ1n) is 2.84. The number of nitrogens with zero attached hydrogens (tertiary/aromatic N) is 1. The number of Topliss-reactive ketones (excluding diaryl/α,β-unsaturated/α-hetero) is 1. The standard InChI is InChI=1S/C6H13BrNO/c1-8(2,3)5-6(9)4-7/h4-5H2,1-3H3/q+1. The van der Waals surface area contributed by atoms with Gasteiger partial charge in [-0.15, -0.1) is 0 Å². The summed E-state index contributed by atoms with van der Waals surface area (Å²) in [6.45, 7) is 0.602. The molecule has 54 valence electrons. The zero-order valence-corrected chi connectivity index (χ0v) is 7.73. The third-order valence-corrected chi connectivity index (χ3v) is 1.43. The monoisotopic (exact) mass is 194 g/mol. The second-order valence-electron chi connectivity index (χ2n) is 3.12. The molecule has 0 amide bonds. The minimum absolute atomic E-state index is 0.252. The molecule has 0 aromatic carbocycles. The Labute approximate surface area is 64.6 Å². The maximum absolute atomic E-state index is 10.8. The van der Waals surface area contributed by atoms with Crippen LogP contribution in [0.2, 0.25) is 0 Å². The number of quaternary nitrogens is 1. The number of carbonyl (C=O) groups is 1. The summed E-state index contributed by atoms with van der Waals surface area (Å²) in [5.41, 5.74) is 0. The molecule has 3 heteroatoms. The third-order valence-electron chi connectivity index (χ3n) is 0.800. The van der Waals surface area contributed by atoms with E-state index in [0.717, 1.165) is 0 Å². The molecule has 0 aromatic rings. The predicted octanol–water partition coefficient (Wildman–Crippen LogP) is 0.657. The van der Waals surface area contributed by atoms with Gasteiger partial charge in [0.15, 0.2) is 5.78 Å². The zero-order valence-electron chi connectivity index (χ0n) is 6.15. The van der Waals surface area contributed by atoms with Crippen molar-refractivity contribution in [1.29, 1.82) is 0 Å². The lowest BCUT2D eigenvalue weighted by Crippen LogP contribution is -2.39. The van der Waals surface area contributed by atoms with E-state index in [-0.39, 0.29) is 5.78 Å². The number of rotatable bonds is 3. The molecule has 0 atom stereocenters. The lowest BCUT2D eigenvalue weighted by molar-refractivity contribution is -0.861. The van der Waals surface area contributed by atoms with Gasteiger partial charge in [0, 0.05) is 0 Å². The molecule has 0 spiro atoms. The first-order valence-corrected chi connectivity index (χ1v) is 3.96. The molecule has 0 unspecified atom stereocenters. The second-order valence-corrected chi connectivity index (χ2v) is 3.68. The van der Waals surface area contributed by atoms with Crippen LogP contribution < -0.4 is 0 Å². The lowest BCUT2D eigenvalue weighted by Gasteiger charge is -2.21. The molecule has 0 saturated heterocycles. The number of halogens is 1. The van der Waals surface area contributed by atoms with E-state index >= 15 is 0 Å². The predicted molar refractivity (Wildman–Crippen MR) is 41.7 cm³/mol. The highest BCUT2D eigenvalue weighted by molar-refractivity contribution is 9.09. The van der Waals surface area contributed by atoms with Crippen molar-refractivity contribution in [3.8, 4) is 0 Å². The van der Waals surface area contributed by atoms with Crippen molar-refractivity contribution >= 4 is 21.7 Å². The normalized spacial score (nSPS) is 11.6. The van der Waals surface area contributed by atoms with Gasteiger partial charge in [-0.2, -0.15) is 0 Å². The molecular formula is C6H13BrNO+. The molecule has 0 rings (SSSR count). The van der Waals surface area contributed by atoms with Gasteiger partial charge in [0.25, 0.3) is 0 Å². The summed E-state index contributed by atoms with van der Waals surface area (Å²) in [5.74, 6) is 0.252. The van der Waals surface area contributed by atoms with Gasteiger partial charge in [0.2, 0.25) is 0 Å². The van der Waals surface area contributed by atoms with Crippen LogP contribution in [0, 0.1) is 0 Å². The van der Waals surface area contributed by atoms with Crippen molar-refractivity contribution in [2.24, 2.45) is 0 Å². The van der Waals surface area contributed by atoms with Crippen LogP contribution in [-0.4, -0.2) is 43.3 Å². The van der Waals surface area contributed by atoms with E-state index in [1.807, 2.05) is 21.1 Å². The highest BCUT2D eigenvalue weighted by Gasteiger charge is 2.11. The van der Waals surface area contributed by atoms with Crippen LogP contribution in [0.25, 0.3) is 0 Å². The van der Waals surface area contributed by atoms with Crippen molar-refractivity contribution < 1.29 is 9.28 Å². The molecule has 0 heterocycles. The molecule has 0 fully saturated rings. The smallest absolute Gasteiger partial charge is 0.197 e. The van der Waals surface area contributed by atoms with Crippen LogP contribution in [0.1, 0.15) is 0 Å². The molecule has 0 aromatic heterocycles. The number of ketones is 1. The van der Waals surface area contributed by atoms with Crippen molar-refractivity contribution in [3.63, 3.8) is 0 Å². The Morgan fingerprint density at radius 2 is 1.89 bits per heavy atom. The fraction of sp³-hybridized carbons (Fsp3) is 0.833. The van der Waals surface area contributed by atoms with E-state index in [0.29, 0.717) is 16.4 Å². The molecule has 9 heavy (non-hydrogen) atoms. The molecule has 0 aliphatic heterocycles. The van der Waals surface area contributed by atoms with Crippen LogP contribution in [0.15, 0.2) is 0 Å². The largest absolute Gasteiger partial charge is 0.325 e. The van der Waals surface area contributed by atoms with E-state index < -0.39 is 0 Å². The first kappa shape index (κ1) is 9.11. The molecule has 0 bridgehead atoms.